The highest BCUT2D eigenvalue weighted by Crippen LogP contribution is 2.26. The second kappa shape index (κ2) is 7.63. The van der Waals surface area contributed by atoms with Crippen LogP contribution in [0.4, 0.5) is 14.9 Å². The minimum Gasteiger partial charge on any atom is -0.486 e. The summed E-state index contributed by atoms with van der Waals surface area (Å²) in [4.78, 5) is 11.4. The fourth-order valence-electron chi connectivity index (χ4n) is 2.00. The molecule has 2 rings (SSSR count). The highest BCUT2D eigenvalue weighted by molar-refractivity contribution is 14.1. The van der Waals surface area contributed by atoms with E-state index in [4.69, 9.17) is 4.74 Å². The zero-order valence-corrected chi connectivity index (χ0v) is 15.2. The van der Waals surface area contributed by atoms with Gasteiger partial charge in [-0.2, -0.15) is 0 Å². The molecular formula is C17H17FINO3. The predicted molar refractivity (Wildman–Crippen MR) is 95.4 cm³/mol. The summed E-state index contributed by atoms with van der Waals surface area (Å²) in [7, 11) is 1.30. The van der Waals surface area contributed by atoms with Crippen LogP contribution in [-0.4, -0.2) is 13.2 Å². The number of hydrogen-bond acceptors (Lipinski definition) is 3. The molecule has 0 fully saturated rings. The summed E-state index contributed by atoms with van der Waals surface area (Å²) in [5.74, 6) is -0.210. The number of hydrogen-bond donors (Lipinski definition) is 1. The lowest BCUT2D eigenvalue weighted by atomic mass is 10.1. The Bertz CT molecular complexity index is 734. The van der Waals surface area contributed by atoms with Gasteiger partial charge in [0.25, 0.3) is 0 Å². The Morgan fingerprint density at radius 3 is 2.65 bits per heavy atom. The summed E-state index contributed by atoms with van der Waals surface area (Å²) in [5.41, 5.74) is 3.17. The van der Waals surface area contributed by atoms with Gasteiger partial charge in [-0.05, 0) is 71.8 Å². The molecule has 0 radical (unpaired) electrons. The van der Waals surface area contributed by atoms with Crippen molar-refractivity contribution in [3.05, 3.63) is 56.4 Å². The third-order valence-electron chi connectivity index (χ3n) is 3.46. The maximum Gasteiger partial charge on any atom is 0.411 e. The standard InChI is InChI=1S/C17H17FINO3/c1-10-7-13(18)16(8-11(10)2)23-9-12-14(19)5-4-6-15(12)20-17(21)22-3/h4-8H,9H2,1-3H3,(H,20,21). The number of carbonyl (C=O) groups is 1. The molecule has 1 N–H and O–H groups in total. The van der Waals surface area contributed by atoms with Crippen LogP contribution < -0.4 is 10.1 Å². The van der Waals surface area contributed by atoms with Gasteiger partial charge in [0.2, 0.25) is 0 Å². The molecular weight excluding hydrogens is 412 g/mol. The Kier molecular flexibility index (Phi) is 5.81. The van der Waals surface area contributed by atoms with Gasteiger partial charge in [0, 0.05) is 9.13 Å². The molecule has 6 heteroatoms. The molecule has 4 nitrogen and oxygen atoms in total. The van der Waals surface area contributed by atoms with E-state index < -0.39 is 11.9 Å². The smallest absolute Gasteiger partial charge is 0.411 e. The van der Waals surface area contributed by atoms with Crippen molar-refractivity contribution >= 4 is 34.4 Å². The molecule has 0 bridgehead atoms. The minimum absolute atomic E-state index is 0.137. The first-order chi connectivity index (χ1) is 10.9. The van der Waals surface area contributed by atoms with Gasteiger partial charge in [-0.15, -0.1) is 0 Å². The third kappa shape index (κ3) is 4.34. The summed E-state index contributed by atoms with van der Waals surface area (Å²) in [6.07, 6.45) is -0.564. The van der Waals surface area contributed by atoms with Crippen molar-refractivity contribution in [2.45, 2.75) is 20.5 Å². The van der Waals surface area contributed by atoms with Crippen molar-refractivity contribution in [3.63, 3.8) is 0 Å². The quantitative estimate of drug-likeness (QED) is 0.711. The van der Waals surface area contributed by atoms with Crippen LogP contribution >= 0.6 is 22.6 Å². The minimum atomic E-state index is -0.564. The fraction of sp³-hybridized carbons (Fsp3) is 0.235. The van der Waals surface area contributed by atoms with Crippen molar-refractivity contribution in [2.24, 2.45) is 0 Å². The van der Waals surface area contributed by atoms with Gasteiger partial charge in [-0.25, -0.2) is 9.18 Å². The van der Waals surface area contributed by atoms with E-state index in [0.29, 0.717) is 5.69 Å². The van der Waals surface area contributed by atoms with E-state index in [1.165, 1.54) is 13.2 Å². The highest BCUT2D eigenvalue weighted by atomic mass is 127. The average molecular weight is 429 g/mol. The molecule has 0 heterocycles. The average Bonchev–Trinajstić information content (AvgIpc) is 2.51. The topological polar surface area (TPSA) is 47.6 Å². The molecule has 0 spiro atoms. The number of ether oxygens (including phenoxy) is 2. The molecule has 0 aliphatic rings. The van der Waals surface area contributed by atoms with Crippen LogP contribution in [0.2, 0.25) is 0 Å². The normalized spacial score (nSPS) is 10.3. The van der Waals surface area contributed by atoms with Gasteiger partial charge in [-0.1, -0.05) is 6.07 Å². The first-order valence-corrected chi connectivity index (χ1v) is 8.02. The van der Waals surface area contributed by atoms with Crippen molar-refractivity contribution in [1.82, 2.24) is 0 Å². The fourth-order valence-corrected chi connectivity index (χ4v) is 2.65. The lowest BCUT2D eigenvalue weighted by molar-refractivity contribution is 0.187. The molecule has 2 aromatic rings. The van der Waals surface area contributed by atoms with Crippen molar-refractivity contribution in [2.75, 3.05) is 12.4 Å². The molecule has 0 aromatic heterocycles. The Morgan fingerprint density at radius 1 is 1.26 bits per heavy atom. The summed E-state index contributed by atoms with van der Waals surface area (Å²) in [6, 6.07) is 8.57. The van der Waals surface area contributed by atoms with Crippen molar-refractivity contribution < 1.29 is 18.7 Å². The molecule has 0 aliphatic carbocycles. The number of amides is 1. The van der Waals surface area contributed by atoms with E-state index in [-0.39, 0.29) is 12.4 Å². The van der Waals surface area contributed by atoms with Crippen LogP contribution in [0.3, 0.4) is 0 Å². The van der Waals surface area contributed by atoms with E-state index in [1.807, 2.05) is 26.0 Å². The molecule has 0 aliphatic heterocycles. The largest absolute Gasteiger partial charge is 0.486 e. The van der Waals surface area contributed by atoms with E-state index in [1.54, 1.807) is 12.1 Å². The second-order valence-electron chi connectivity index (χ2n) is 5.04. The van der Waals surface area contributed by atoms with Crippen LogP contribution in [0, 0.1) is 23.2 Å². The summed E-state index contributed by atoms with van der Waals surface area (Å²) in [6.45, 7) is 3.89. The Morgan fingerprint density at radius 2 is 1.96 bits per heavy atom. The zero-order chi connectivity index (χ0) is 17.0. The number of methoxy groups -OCH3 is 1. The number of nitrogens with one attached hydrogen (secondary N) is 1. The van der Waals surface area contributed by atoms with Crippen LogP contribution in [0.1, 0.15) is 16.7 Å². The molecule has 0 atom stereocenters. The Balaban J connectivity index is 2.23. The molecule has 2 aromatic carbocycles. The number of aryl methyl sites for hydroxylation is 2. The van der Waals surface area contributed by atoms with Gasteiger partial charge in [0.1, 0.15) is 6.61 Å². The Hall–Kier alpha value is -1.83. The lowest BCUT2D eigenvalue weighted by Crippen LogP contribution is -2.14. The number of benzene rings is 2. The molecule has 0 saturated carbocycles. The van der Waals surface area contributed by atoms with Crippen LogP contribution in [-0.2, 0) is 11.3 Å². The molecule has 0 saturated heterocycles. The predicted octanol–water partition coefficient (Wildman–Crippen LogP) is 4.80. The maximum atomic E-state index is 14.0. The maximum absolute atomic E-state index is 14.0. The molecule has 23 heavy (non-hydrogen) atoms. The monoisotopic (exact) mass is 429 g/mol. The summed E-state index contributed by atoms with van der Waals surface area (Å²) in [5, 5.41) is 2.63. The van der Waals surface area contributed by atoms with E-state index in [2.05, 4.69) is 32.6 Å². The van der Waals surface area contributed by atoms with Gasteiger partial charge in [-0.3, -0.25) is 5.32 Å². The van der Waals surface area contributed by atoms with E-state index >= 15 is 0 Å². The van der Waals surface area contributed by atoms with Gasteiger partial charge in [0.05, 0.1) is 12.8 Å². The summed E-state index contributed by atoms with van der Waals surface area (Å²) < 4.78 is 25.1. The lowest BCUT2D eigenvalue weighted by Gasteiger charge is -2.14. The second-order valence-corrected chi connectivity index (χ2v) is 6.20. The number of halogens is 2. The summed E-state index contributed by atoms with van der Waals surface area (Å²) >= 11 is 2.14. The SMILES string of the molecule is COC(=O)Nc1cccc(I)c1COc1cc(C)c(C)cc1F. The van der Waals surface area contributed by atoms with Gasteiger partial charge < -0.3 is 9.47 Å². The van der Waals surface area contributed by atoms with Gasteiger partial charge in [0.15, 0.2) is 11.6 Å². The van der Waals surface area contributed by atoms with Gasteiger partial charge >= 0.3 is 6.09 Å². The third-order valence-corrected chi connectivity index (χ3v) is 4.47. The zero-order valence-electron chi connectivity index (χ0n) is 13.1. The van der Waals surface area contributed by atoms with E-state index in [9.17, 15) is 9.18 Å². The first kappa shape index (κ1) is 17.5. The number of carbonyl (C=O) groups excluding carboxylic acids is 1. The Labute approximate surface area is 148 Å². The molecule has 0 unspecified atom stereocenters. The van der Waals surface area contributed by atoms with Crippen LogP contribution in [0.25, 0.3) is 0 Å². The van der Waals surface area contributed by atoms with Crippen LogP contribution in [0.15, 0.2) is 30.3 Å². The highest BCUT2D eigenvalue weighted by Gasteiger charge is 2.12. The van der Waals surface area contributed by atoms with Crippen molar-refractivity contribution in [1.29, 1.82) is 0 Å². The van der Waals surface area contributed by atoms with Crippen LogP contribution in [0.5, 0.6) is 5.75 Å². The first-order valence-electron chi connectivity index (χ1n) is 6.94. The van der Waals surface area contributed by atoms with Crippen molar-refractivity contribution in [3.8, 4) is 5.75 Å². The number of rotatable bonds is 4. The molecule has 1 amide bonds. The molecule has 122 valence electrons. The van der Waals surface area contributed by atoms with E-state index in [0.717, 1.165) is 20.3 Å². The number of anilines is 1.